The molecule has 1 atom stereocenters. The van der Waals surface area contributed by atoms with Crippen molar-refractivity contribution in [1.82, 2.24) is 4.98 Å². The third kappa shape index (κ3) is 2.79. The van der Waals surface area contributed by atoms with Crippen molar-refractivity contribution >= 4 is 11.8 Å². The van der Waals surface area contributed by atoms with E-state index in [1.165, 1.54) is 0 Å². The van der Waals surface area contributed by atoms with E-state index >= 15 is 0 Å². The number of ether oxygens (including phenoxy) is 1. The molecule has 5 nitrogen and oxygen atoms in total. The van der Waals surface area contributed by atoms with E-state index in [0.717, 1.165) is 25.3 Å². The van der Waals surface area contributed by atoms with E-state index in [9.17, 15) is 4.79 Å². The highest BCUT2D eigenvalue weighted by Crippen LogP contribution is 2.21. The summed E-state index contributed by atoms with van der Waals surface area (Å²) in [4.78, 5) is 17.9. The Labute approximate surface area is 106 Å². The second-order valence-electron chi connectivity index (χ2n) is 4.41. The number of carbonyl (C=O) groups excluding carboxylic acids is 1. The number of aromatic nitrogens is 1. The maximum absolute atomic E-state index is 11.5. The van der Waals surface area contributed by atoms with Gasteiger partial charge in [0.15, 0.2) is 0 Å². The van der Waals surface area contributed by atoms with Crippen LogP contribution in [-0.4, -0.2) is 42.4 Å². The third-order valence-corrected chi connectivity index (χ3v) is 3.13. The van der Waals surface area contributed by atoms with Crippen LogP contribution in [0.3, 0.4) is 0 Å². The van der Waals surface area contributed by atoms with Crippen molar-refractivity contribution in [3.8, 4) is 0 Å². The molecule has 1 unspecified atom stereocenters. The Kier molecular flexibility index (Phi) is 4.15. The van der Waals surface area contributed by atoms with Gasteiger partial charge in [-0.25, -0.2) is 9.78 Å². The summed E-state index contributed by atoms with van der Waals surface area (Å²) in [7, 11) is 0. The summed E-state index contributed by atoms with van der Waals surface area (Å²) >= 11 is 0. The van der Waals surface area contributed by atoms with Crippen LogP contribution >= 0.6 is 0 Å². The van der Waals surface area contributed by atoms with Gasteiger partial charge in [-0.1, -0.05) is 0 Å². The molecule has 0 amide bonds. The Morgan fingerprint density at radius 1 is 1.61 bits per heavy atom. The van der Waals surface area contributed by atoms with E-state index in [1.807, 2.05) is 6.07 Å². The van der Waals surface area contributed by atoms with Gasteiger partial charge in [0, 0.05) is 31.8 Å². The molecule has 0 radical (unpaired) electrons. The molecule has 2 rings (SSSR count). The SMILES string of the molecule is CCOC(=O)c1ccc(N2CCC(CO)C2)nc1. The van der Waals surface area contributed by atoms with Gasteiger partial charge in [-0.3, -0.25) is 0 Å². The Balaban J connectivity index is 2.02. The van der Waals surface area contributed by atoms with Gasteiger partial charge in [0.1, 0.15) is 5.82 Å². The van der Waals surface area contributed by atoms with Crippen LogP contribution in [0, 0.1) is 5.92 Å². The number of aliphatic hydroxyl groups is 1. The van der Waals surface area contributed by atoms with Crippen molar-refractivity contribution in [1.29, 1.82) is 0 Å². The Morgan fingerprint density at radius 2 is 2.44 bits per heavy atom. The van der Waals surface area contributed by atoms with Crippen LogP contribution in [0.4, 0.5) is 5.82 Å². The topological polar surface area (TPSA) is 62.7 Å². The molecular weight excluding hydrogens is 232 g/mol. The molecule has 0 aliphatic carbocycles. The molecule has 1 aromatic heterocycles. The number of hydrogen-bond acceptors (Lipinski definition) is 5. The average Bonchev–Trinajstić information content (AvgIpc) is 2.88. The maximum Gasteiger partial charge on any atom is 0.339 e. The second-order valence-corrected chi connectivity index (χ2v) is 4.41. The third-order valence-electron chi connectivity index (χ3n) is 3.13. The zero-order valence-electron chi connectivity index (χ0n) is 10.5. The van der Waals surface area contributed by atoms with Crippen molar-refractivity contribution in [3.05, 3.63) is 23.9 Å². The molecule has 18 heavy (non-hydrogen) atoms. The fourth-order valence-corrected chi connectivity index (χ4v) is 2.10. The smallest absolute Gasteiger partial charge is 0.339 e. The van der Waals surface area contributed by atoms with Crippen molar-refractivity contribution in [2.24, 2.45) is 5.92 Å². The maximum atomic E-state index is 11.5. The summed E-state index contributed by atoms with van der Waals surface area (Å²) in [6.45, 7) is 4.08. The van der Waals surface area contributed by atoms with Gasteiger partial charge >= 0.3 is 5.97 Å². The molecule has 1 aliphatic heterocycles. The zero-order valence-corrected chi connectivity index (χ0v) is 10.5. The predicted octanol–water partition coefficient (Wildman–Crippen LogP) is 1.08. The van der Waals surface area contributed by atoms with Crippen LogP contribution in [0.2, 0.25) is 0 Å². The quantitative estimate of drug-likeness (QED) is 0.810. The molecule has 0 aromatic carbocycles. The highest BCUT2D eigenvalue weighted by Gasteiger charge is 2.22. The first-order valence-corrected chi connectivity index (χ1v) is 6.23. The van der Waals surface area contributed by atoms with Gasteiger partial charge in [0.05, 0.1) is 12.2 Å². The van der Waals surface area contributed by atoms with Crippen LogP contribution in [0.25, 0.3) is 0 Å². The lowest BCUT2D eigenvalue weighted by Gasteiger charge is -2.17. The van der Waals surface area contributed by atoms with E-state index in [-0.39, 0.29) is 12.6 Å². The summed E-state index contributed by atoms with van der Waals surface area (Å²) in [5, 5.41) is 9.10. The van der Waals surface area contributed by atoms with Gasteiger partial charge in [-0.15, -0.1) is 0 Å². The average molecular weight is 250 g/mol. The summed E-state index contributed by atoms with van der Waals surface area (Å²) in [6, 6.07) is 3.55. The van der Waals surface area contributed by atoms with Crippen molar-refractivity contribution in [2.45, 2.75) is 13.3 Å². The molecule has 5 heteroatoms. The molecule has 98 valence electrons. The minimum Gasteiger partial charge on any atom is -0.462 e. The molecule has 0 spiro atoms. The van der Waals surface area contributed by atoms with Crippen molar-refractivity contribution in [3.63, 3.8) is 0 Å². The number of anilines is 1. The number of aliphatic hydroxyl groups excluding tert-OH is 1. The number of nitrogens with zero attached hydrogens (tertiary/aromatic N) is 2. The molecule has 1 saturated heterocycles. The fraction of sp³-hybridized carbons (Fsp3) is 0.538. The summed E-state index contributed by atoms with van der Waals surface area (Å²) in [5.41, 5.74) is 0.471. The summed E-state index contributed by atoms with van der Waals surface area (Å²) in [5.74, 6) is 0.835. The Hall–Kier alpha value is -1.62. The van der Waals surface area contributed by atoms with Crippen molar-refractivity contribution < 1.29 is 14.6 Å². The van der Waals surface area contributed by atoms with Gasteiger partial charge in [-0.05, 0) is 25.5 Å². The highest BCUT2D eigenvalue weighted by atomic mass is 16.5. The van der Waals surface area contributed by atoms with Gasteiger partial charge in [0.25, 0.3) is 0 Å². The molecule has 0 saturated carbocycles. The second kappa shape index (κ2) is 5.82. The summed E-state index contributed by atoms with van der Waals surface area (Å²) in [6.07, 6.45) is 2.53. The van der Waals surface area contributed by atoms with Gasteiger partial charge in [0.2, 0.25) is 0 Å². The van der Waals surface area contributed by atoms with E-state index in [0.29, 0.717) is 18.1 Å². The Morgan fingerprint density at radius 3 is 3.00 bits per heavy atom. The normalized spacial score (nSPS) is 19.0. The fourth-order valence-electron chi connectivity index (χ4n) is 2.10. The molecular formula is C13H18N2O3. The first-order valence-electron chi connectivity index (χ1n) is 6.23. The van der Waals surface area contributed by atoms with Crippen molar-refractivity contribution in [2.75, 3.05) is 31.2 Å². The molecule has 1 aliphatic rings. The van der Waals surface area contributed by atoms with E-state index < -0.39 is 0 Å². The number of esters is 1. The number of hydrogen-bond donors (Lipinski definition) is 1. The van der Waals surface area contributed by atoms with Gasteiger partial charge in [-0.2, -0.15) is 0 Å². The number of pyridine rings is 1. The highest BCUT2D eigenvalue weighted by molar-refractivity contribution is 5.89. The van der Waals surface area contributed by atoms with E-state index in [4.69, 9.17) is 9.84 Å². The minimum atomic E-state index is -0.341. The van der Waals surface area contributed by atoms with Crippen LogP contribution in [0.15, 0.2) is 18.3 Å². The summed E-state index contributed by atoms with van der Waals surface area (Å²) < 4.78 is 4.90. The molecule has 0 bridgehead atoms. The Bertz CT molecular complexity index is 405. The minimum absolute atomic E-state index is 0.220. The first-order chi connectivity index (χ1) is 8.74. The molecule has 1 fully saturated rings. The number of rotatable bonds is 4. The largest absolute Gasteiger partial charge is 0.462 e. The lowest BCUT2D eigenvalue weighted by molar-refractivity contribution is 0.0526. The predicted molar refractivity (Wildman–Crippen MR) is 67.6 cm³/mol. The van der Waals surface area contributed by atoms with Gasteiger partial charge < -0.3 is 14.7 Å². The van der Waals surface area contributed by atoms with E-state index in [1.54, 1.807) is 19.2 Å². The molecule has 2 heterocycles. The first kappa shape index (κ1) is 12.8. The molecule has 1 N–H and O–H groups in total. The lowest BCUT2D eigenvalue weighted by Crippen LogP contribution is -2.21. The zero-order chi connectivity index (χ0) is 13.0. The lowest BCUT2D eigenvalue weighted by atomic mass is 10.1. The number of carbonyl (C=O) groups is 1. The molecule has 1 aromatic rings. The van der Waals surface area contributed by atoms with Crippen LogP contribution < -0.4 is 4.90 Å². The van der Waals surface area contributed by atoms with Crippen LogP contribution in [0.5, 0.6) is 0 Å². The van der Waals surface area contributed by atoms with Crippen LogP contribution in [0.1, 0.15) is 23.7 Å². The standard InChI is InChI=1S/C13H18N2O3/c1-2-18-13(17)11-3-4-12(14-7-11)15-6-5-10(8-15)9-16/h3-4,7,10,16H,2,5-6,8-9H2,1H3. The van der Waals surface area contributed by atoms with E-state index in [2.05, 4.69) is 9.88 Å². The van der Waals surface area contributed by atoms with Crippen LogP contribution in [-0.2, 0) is 4.74 Å². The monoisotopic (exact) mass is 250 g/mol.